The van der Waals surface area contributed by atoms with E-state index in [0.717, 1.165) is 18.0 Å². The van der Waals surface area contributed by atoms with Crippen LogP contribution in [0.4, 0.5) is 23.1 Å². The van der Waals surface area contributed by atoms with Gasteiger partial charge in [0.1, 0.15) is 12.4 Å². The number of nitrogen functional groups attached to an aromatic ring is 1. The van der Waals surface area contributed by atoms with Gasteiger partial charge in [0.25, 0.3) is 0 Å². The van der Waals surface area contributed by atoms with Crippen LogP contribution in [0.2, 0.25) is 0 Å². The van der Waals surface area contributed by atoms with E-state index in [9.17, 15) is 0 Å². The third kappa shape index (κ3) is 5.23. The molecular weight excluding hydrogens is 328 g/mol. The van der Waals surface area contributed by atoms with Gasteiger partial charge in [0.2, 0.25) is 5.95 Å². The molecule has 1 aromatic heterocycles. The smallest absolute Gasteiger partial charge is 0.229 e. The van der Waals surface area contributed by atoms with Gasteiger partial charge < -0.3 is 26.0 Å². The van der Waals surface area contributed by atoms with Gasteiger partial charge >= 0.3 is 0 Å². The van der Waals surface area contributed by atoms with E-state index in [2.05, 4.69) is 25.5 Å². The van der Waals surface area contributed by atoms with Crippen molar-refractivity contribution in [1.82, 2.24) is 14.9 Å². The Bertz CT molecular complexity index is 698. The van der Waals surface area contributed by atoms with Crippen molar-refractivity contribution >= 4 is 23.1 Å². The van der Waals surface area contributed by atoms with Crippen molar-refractivity contribution in [1.29, 1.82) is 0 Å². The molecule has 1 aliphatic carbocycles. The van der Waals surface area contributed by atoms with E-state index in [1.807, 2.05) is 38.4 Å². The number of ether oxygens (including phenoxy) is 1. The van der Waals surface area contributed by atoms with E-state index in [0.29, 0.717) is 30.1 Å². The molecule has 0 amide bonds. The normalized spacial score (nSPS) is 14.6. The van der Waals surface area contributed by atoms with E-state index >= 15 is 0 Å². The molecule has 2 aromatic rings. The molecule has 0 spiro atoms. The number of nitrogens with zero attached hydrogens (tertiary/aromatic N) is 3. The van der Waals surface area contributed by atoms with E-state index < -0.39 is 0 Å². The van der Waals surface area contributed by atoms with Crippen LogP contribution in [0.25, 0.3) is 0 Å². The Labute approximate surface area is 155 Å². The fraction of sp³-hybridized carbons (Fsp3) is 0.474. The molecule has 1 saturated carbocycles. The first-order chi connectivity index (χ1) is 12.6. The predicted molar refractivity (Wildman–Crippen MR) is 106 cm³/mol. The van der Waals surface area contributed by atoms with Gasteiger partial charge in [-0.1, -0.05) is 12.8 Å². The molecule has 0 bridgehead atoms. The van der Waals surface area contributed by atoms with Crippen LogP contribution in [0.1, 0.15) is 25.7 Å². The van der Waals surface area contributed by atoms with Gasteiger partial charge in [-0.3, -0.25) is 0 Å². The number of rotatable bonds is 8. The molecule has 0 saturated heterocycles. The summed E-state index contributed by atoms with van der Waals surface area (Å²) in [6.07, 6.45) is 6.50. The Morgan fingerprint density at radius 2 is 1.92 bits per heavy atom. The highest BCUT2D eigenvalue weighted by atomic mass is 16.5. The zero-order valence-corrected chi connectivity index (χ0v) is 15.5. The fourth-order valence-electron chi connectivity index (χ4n) is 2.94. The molecule has 140 valence electrons. The Hall–Kier alpha value is -2.54. The van der Waals surface area contributed by atoms with Gasteiger partial charge in [0.15, 0.2) is 5.82 Å². The first-order valence-corrected chi connectivity index (χ1v) is 9.14. The second-order valence-corrected chi connectivity index (χ2v) is 6.92. The molecule has 1 aromatic carbocycles. The first kappa shape index (κ1) is 18.3. The lowest BCUT2D eigenvalue weighted by molar-refractivity contribution is 0.261. The average Bonchev–Trinajstić information content (AvgIpc) is 3.12. The topological polar surface area (TPSA) is 88.3 Å². The quantitative estimate of drug-likeness (QED) is 0.670. The van der Waals surface area contributed by atoms with Gasteiger partial charge in [-0.05, 0) is 51.2 Å². The summed E-state index contributed by atoms with van der Waals surface area (Å²) in [5, 5.41) is 6.65. The van der Waals surface area contributed by atoms with E-state index in [-0.39, 0.29) is 0 Å². The second-order valence-electron chi connectivity index (χ2n) is 6.92. The highest BCUT2D eigenvalue weighted by molar-refractivity contribution is 5.64. The van der Waals surface area contributed by atoms with Crippen molar-refractivity contribution < 1.29 is 4.74 Å². The molecule has 7 nitrogen and oxygen atoms in total. The highest BCUT2D eigenvalue weighted by Gasteiger charge is 2.16. The molecule has 0 radical (unpaired) electrons. The van der Waals surface area contributed by atoms with E-state index in [4.69, 9.17) is 10.5 Å². The van der Waals surface area contributed by atoms with Crippen molar-refractivity contribution in [3.05, 3.63) is 30.5 Å². The number of hydrogen-bond acceptors (Lipinski definition) is 7. The molecule has 26 heavy (non-hydrogen) atoms. The summed E-state index contributed by atoms with van der Waals surface area (Å²) in [7, 11) is 4.05. The van der Waals surface area contributed by atoms with Crippen LogP contribution in [0.3, 0.4) is 0 Å². The Morgan fingerprint density at radius 1 is 1.19 bits per heavy atom. The summed E-state index contributed by atoms with van der Waals surface area (Å²) in [4.78, 5) is 10.9. The van der Waals surface area contributed by atoms with Crippen LogP contribution in [0, 0.1) is 0 Å². The summed E-state index contributed by atoms with van der Waals surface area (Å²) >= 11 is 0. The van der Waals surface area contributed by atoms with Crippen LogP contribution < -0.4 is 21.1 Å². The minimum atomic E-state index is 0.457. The van der Waals surface area contributed by atoms with Crippen molar-refractivity contribution in [2.24, 2.45) is 0 Å². The van der Waals surface area contributed by atoms with Gasteiger partial charge in [-0.25, -0.2) is 4.98 Å². The predicted octanol–water partition coefficient (Wildman–Crippen LogP) is 3.10. The molecule has 0 aliphatic heterocycles. The minimum absolute atomic E-state index is 0.457. The molecule has 1 aliphatic rings. The third-order valence-electron chi connectivity index (χ3n) is 4.43. The second kappa shape index (κ2) is 8.71. The van der Waals surface area contributed by atoms with Crippen molar-refractivity contribution in [3.8, 4) is 5.75 Å². The molecule has 7 heteroatoms. The average molecular weight is 356 g/mol. The molecule has 1 heterocycles. The third-order valence-corrected chi connectivity index (χ3v) is 4.43. The van der Waals surface area contributed by atoms with Gasteiger partial charge in [0, 0.05) is 18.3 Å². The van der Waals surface area contributed by atoms with Crippen molar-refractivity contribution in [2.75, 3.05) is 43.6 Å². The maximum Gasteiger partial charge on any atom is 0.229 e. The molecule has 0 unspecified atom stereocenters. The number of benzene rings is 1. The SMILES string of the molecule is CN(C)CCOc1ccc(Nc2ncc(N)c(NC3CCCC3)n2)cc1. The molecule has 4 N–H and O–H groups in total. The summed E-state index contributed by atoms with van der Waals surface area (Å²) in [5.74, 6) is 2.08. The lowest BCUT2D eigenvalue weighted by atomic mass is 10.2. The van der Waals surface area contributed by atoms with E-state index in [1.54, 1.807) is 6.20 Å². The maximum atomic E-state index is 6.01. The Kier molecular flexibility index (Phi) is 6.12. The summed E-state index contributed by atoms with van der Waals surface area (Å²) in [6.45, 7) is 1.55. The number of nitrogens with one attached hydrogen (secondary N) is 2. The lowest BCUT2D eigenvalue weighted by Crippen LogP contribution is -2.19. The van der Waals surface area contributed by atoms with Gasteiger partial charge in [0.05, 0.1) is 11.9 Å². The monoisotopic (exact) mass is 356 g/mol. The maximum absolute atomic E-state index is 6.01. The summed E-state index contributed by atoms with van der Waals surface area (Å²) in [5.41, 5.74) is 7.49. The number of aromatic nitrogens is 2. The molecule has 1 fully saturated rings. The largest absolute Gasteiger partial charge is 0.492 e. The van der Waals surface area contributed by atoms with Crippen LogP contribution in [0.5, 0.6) is 5.75 Å². The van der Waals surface area contributed by atoms with Gasteiger partial charge in [-0.2, -0.15) is 4.98 Å². The summed E-state index contributed by atoms with van der Waals surface area (Å²) < 4.78 is 5.70. The highest BCUT2D eigenvalue weighted by Crippen LogP contribution is 2.25. The van der Waals surface area contributed by atoms with Crippen LogP contribution in [-0.4, -0.2) is 48.2 Å². The lowest BCUT2D eigenvalue weighted by Gasteiger charge is -2.15. The first-order valence-electron chi connectivity index (χ1n) is 9.14. The van der Waals surface area contributed by atoms with Crippen LogP contribution in [0.15, 0.2) is 30.5 Å². The van der Waals surface area contributed by atoms with Crippen LogP contribution in [-0.2, 0) is 0 Å². The molecular formula is C19H28N6O. The Balaban J connectivity index is 1.59. The Morgan fingerprint density at radius 3 is 2.62 bits per heavy atom. The minimum Gasteiger partial charge on any atom is -0.492 e. The van der Waals surface area contributed by atoms with Gasteiger partial charge in [-0.15, -0.1) is 0 Å². The zero-order valence-electron chi connectivity index (χ0n) is 15.5. The fourth-order valence-corrected chi connectivity index (χ4v) is 2.94. The number of nitrogens with two attached hydrogens (primary N) is 1. The van der Waals surface area contributed by atoms with Crippen molar-refractivity contribution in [2.45, 2.75) is 31.7 Å². The summed E-state index contributed by atoms with van der Waals surface area (Å²) in [6, 6.07) is 8.24. The zero-order chi connectivity index (χ0) is 18.4. The van der Waals surface area contributed by atoms with Crippen molar-refractivity contribution in [3.63, 3.8) is 0 Å². The van der Waals surface area contributed by atoms with E-state index in [1.165, 1.54) is 25.7 Å². The van der Waals surface area contributed by atoms with Crippen LogP contribution >= 0.6 is 0 Å². The molecule has 0 atom stereocenters. The number of likely N-dealkylation sites (N-methyl/N-ethyl adjacent to an activating group) is 1. The standard InChI is InChI=1S/C19H28N6O/c1-25(2)11-12-26-16-9-7-15(8-10-16)23-19-21-13-17(20)18(24-19)22-14-5-3-4-6-14/h7-10,13-14H,3-6,11-12,20H2,1-2H3,(H2,21,22,23,24). The number of hydrogen-bond donors (Lipinski definition) is 3. The molecule has 3 rings (SSSR count). The number of anilines is 4.